The topological polar surface area (TPSA) is 120 Å². The normalized spacial score (nSPS) is 16.5. The molecular formula is C20H22N8O. The number of pyridine rings is 1. The summed E-state index contributed by atoms with van der Waals surface area (Å²) in [7, 11) is 0. The second-order valence-electron chi connectivity index (χ2n) is 7.26. The van der Waals surface area contributed by atoms with Gasteiger partial charge < -0.3 is 15.8 Å². The number of nitrogens with zero attached hydrogens (tertiary/aromatic N) is 5. The van der Waals surface area contributed by atoms with Gasteiger partial charge >= 0.3 is 0 Å². The van der Waals surface area contributed by atoms with Crippen molar-refractivity contribution in [2.45, 2.75) is 25.5 Å². The standard InChI is InChI=1S/C20H22N8O/c21-18-10-14(19-20(23-18)25-27-24-19)9-15-5-7-28(26-15)12-13-2-1-3-16(8-13)29-17-4-6-22-11-17/h1-3,5,7-8,10,17,22H,4,6,9,11-12H2,(H3,21,23,24,25,27)/t17-/m0/s1. The van der Waals surface area contributed by atoms with Gasteiger partial charge in [-0.15, -0.1) is 5.10 Å². The number of benzene rings is 1. The third-order valence-electron chi connectivity index (χ3n) is 5.02. The van der Waals surface area contributed by atoms with Crippen LogP contribution in [0.1, 0.15) is 23.2 Å². The molecule has 148 valence electrons. The molecule has 0 radical (unpaired) electrons. The van der Waals surface area contributed by atoms with Crippen LogP contribution < -0.4 is 15.8 Å². The minimum Gasteiger partial charge on any atom is -0.489 e. The highest BCUT2D eigenvalue weighted by atomic mass is 16.5. The first-order valence-corrected chi connectivity index (χ1v) is 9.67. The van der Waals surface area contributed by atoms with E-state index in [2.05, 4.69) is 37.8 Å². The van der Waals surface area contributed by atoms with Crippen LogP contribution in [0.2, 0.25) is 0 Å². The Bertz CT molecular complexity index is 1130. The molecule has 1 aliphatic rings. The van der Waals surface area contributed by atoms with Gasteiger partial charge in [0.1, 0.15) is 23.2 Å². The number of hydrogen-bond acceptors (Lipinski definition) is 7. The molecule has 1 saturated heterocycles. The molecule has 0 aliphatic carbocycles. The molecule has 3 aromatic heterocycles. The van der Waals surface area contributed by atoms with Gasteiger partial charge in [0.2, 0.25) is 5.65 Å². The summed E-state index contributed by atoms with van der Waals surface area (Å²) in [6.07, 6.45) is 3.89. The molecule has 5 rings (SSSR count). The Morgan fingerprint density at radius 3 is 3.07 bits per heavy atom. The Balaban J connectivity index is 1.29. The zero-order valence-corrected chi connectivity index (χ0v) is 15.9. The molecule has 4 heterocycles. The Kier molecular flexibility index (Phi) is 4.57. The van der Waals surface area contributed by atoms with Crippen LogP contribution >= 0.6 is 0 Å². The highest BCUT2D eigenvalue weighted by Gasteiger charge is 2.16. The summed E-state index contributed by atoms with van der Waals surface area (Å²) in [6, 6.07) is 12.0. The number of aromatic nitrogens is 6. The second-order valence-corrected chi connectivity index (χ2v) is 7.26. The zero-order valence-electron chi connectivity index (χ0n) is 15.9. The maximum absolute atomic E-state index is 6.06. The fourth-order valence-corrected chi connectivity index (χ4v) is 3.66. The maximum Gasteiger partial charge on any atom is 0.203 e. The summed E-state index contributed by atoms with van der Waals surface area (Å²) in [5.41, 5.74) is 10.2. The number of hydrogen-bond donors (Lipinski definition) is 3. The number of H-pyrrole nitrogens is 1. The van der Waals surface area contributed by atoms with Crippen LogP contribution in [0.3, 0.4) is 0 Å². The van der Waals surface area contributed by atoms with E-state index in [-0.39, 0.29) is 6.10 Å². The van der Waals surface area contributed by atoms with Gasteiger partial charge in [0.15, 0.2) is 0 Å². The lowest BCUT2D eigenvalue weighted by atomic mass is 10.1. The quantitative estimate of drug-likeness (QED) is 0.456. The van der Waals surface area contributed by atoms with E-state index < -0.39 is 0 Å². The van der Waals surface area contributed by atoms with Crippen molar-refractivity contribution in [3.05, 3.63) is 59.4 Å². The Labute approximate surface area is 167 Å². The lowest BCUT2D eigenvalue weighted by Gasteiger charge is -2.13. The minimum atomic E-state index is 0.253. The van der Waals surface area contributed by atoms with Crippen LogP contribution in [0.15, 0.2) is 42.6 Å². The number of fused-ring (bicyclic) bond motifs is 1. The van der Waals surface area contributed by atoms with Gasteiger partial charge in [-0.05, 0) is 48.4 Å². The zero-order chi connectivity index (χ0) is 19.6. The third-order valence-corrected chi connectivity index (χ3v) is 5.02. The van der Waals surface area contributed by atoms with E-state index in [0.29, 0.717) is 24.4 Å². The smallest absolute Gasteiger partial charge is 0.203 e. The van der Waals surface area contributed by atoms with E-state index in [9.17, 15) is 0 Å². The predicted molar refractivity (Wildman–Crippen MR) is 109 cm³/mol. The highest BCUT2D eigenvalue weighted by molar-refractivity contribution is 5.75. The van der Waals surface area contributed by atoms with Crippen molar-refractivity contribution < 1.29 is 4.74 Å². The van der Waals surface area contributed by atoms with Crippen molar-refractivity contribution in [1.82, 2.24) is 35.5 Å². The molecule has 0 amide bonds. The maximum atomic E-state index is 6.06. The summed E-state index contributed by atoms with van der Waals surface area (Å²) >= 11 is 0. The molecule has 1 fully saturated rings. The van der Waals surface area contributed by atoms with Crippen molar-refractivity contribution in [3.63, 3.8) is 0 Å². The van der Waals surface area contributed by atoms with Crippen LogP contribution in [-0.4, -0.2) is 49.4 Å². The molecule has 0 unspecified atom stereocenters. The Morgan fingerprint density at radius 2 is 2.17 bits per heavy atom. The average Bonchev–Trinajstić information content (AvgIpc) is 3.44. The van der Waals surface area contributed by atoms with E-state index in [0.717, 1.165) is 47.6 Å². The number of nitrogens with one attached hydrogen (secondary N) is 2. The summed E-state index contributed by atoms with van der Waals surface area (Å²) in [6.45, 7) is 2.60. The van der Waals surface area contributed by atoms with Crippen molar-refractivity contribution in [1.29, 1.82) is 0 Å². The Hall–Kier alpha value is -3.46. The summed E-state index contributed by atoms with van der Waals surface area (Å²) in [5.74, 6) is 1.33. The largest absolute Gasteiger partial charge is 0.489 e. The van der Waals surface area contributed by atoms with Crippen molar-refractivity contribution >= 4 is 17.0 Å². The van der Waals surface area contributed by atoms with Gasteiger partial charge in [-0.2, -0.15) is 15.4 Å². The van der Waals surface area contributed by atoms with E-state index >= 15 is 0 Å². The molecule has 1 aliphatic heterocycles. The Morgan fingerprint density at radius 1 is 1.21 bits per heavy atom. The lowest BCUT2D eigenvalue weighted by molar-refractivity contribution is 0.223. The SMILES string of the molecule is Nc1cc(Cc2ccn(Cc3cccc(O[C@H]4CCNC4)c3)n2)c2n[nH]nc2n1. The van der Waals surface area contributed by atoms with Gasteiger partial charge in [0, 0.05) is 19.2 Å². The number of ether oxygens (including phenoxy) is 1. The fraction of sp³-hybridized carbons (Fsp3) is 0.300. The summed E-state index contributed by atoms with van der Waals surface area (Å²) in [5, 5.41) is 18.8. The van der Waals surface area contributed by atoms with Crippen molar-refractivity contribution in [3.8, 4) is 5.75 Å². The molecule has 29 heavy (non-hydrogen) atoms. The first kappa shape index (κ1) is 17.6. The van der Waals surface area contributed by atoms with Crippen molar-refractivity contribution in [2.24, 2.45) is 0 Å². The number of nitrogen functional groups attached to an aromatic ring is 1. The van der Waals surface area contributed by atoms with Crippen LogP contribution in [-0.2, 0) is 13.0 Å². The minimum absolute atomic E-state index is 0.253. The average molecular weight is 390 g/mol. The van der Waals surface area contributed by atoms with E-state index in [4.69, 9.17) is 15.6 Å². The van der Waals surface area contributed by atoms with E-state index in [1.807, 2.05) is 35.1 Å². The first-order valence-electron chi connectivity index (χ1n) is 9.67. The van der Waals surface area contributed by atoms with Crippen LogP contribution in [0.5, 0.6) is 5.75 Å². The molecule has 0 spiro atoms. The lowest BCUT2D eigenvalue weighted by Crippen LogP contribution is -2.19. The second kappa shape index (κ2) is 7.51. The molecule has 9 heteroatoms. The molecule has 9 nitrogen and oxygen atoms in total. The molecule has 4 aromatic rings. The number of nitrogens with two attached hydrogens (primary N) is 1. The van der Waals surface area contributed by atoms with Crippen LogP contribution in [0.4, 0.5) is 5.82 Å². The van der Waals surface area contributed by atoms with Gasteiger partial charge in [0.25, 0.3) is 0 Å². The van der Waals surface area contributed by atoms with Crippen molar-refractivity contribution in [2.75, 3.05) is 18.8 Å². The molecule has 0 bridgehead atoms. The summed E-state index contributed by atoms with van der Waals surface area (Å²) in [4.78, 5) is 4.18. The molecular weight excluding hydrogens is 368 g/mol. The molecule has 1 aromatic carbocycles. The van der Waals surface area contributed by atoms with Gasteiger partial charge in [-0.3, -0.25) is 4.68 Å². The van der Waals surface area contributed by atoms with Gasteiger partial charge in [-0.1, -0.05) is 12.1 Å². The van der Waals surface area contributed by atoms with Crippen LogP contribution in [0.25, 0.3) is 11.2 Å². The predicted octanol–water partition coefficient (Wildman–Crippen LogP) is 1.51. The summed E-state index contributed by atoms with van der Waals surface area (Å²) < 4.78 is 7.98. The monoisotopic (exact) mass is 390 g/mol. The molecule has 1 atom stereocenters. The molecule has 4 N–H and O–H groups in total. The fourth-order valence-electron chi connectivity index (χ4n) is 3.66. The van der Waals surface area contributed by atoms with E-state index in [1.54, 1.807) is 0 Å². The van der Waals surface area contributed by atoms with E-state index in [1.165, 1.54) is 0 Å². The first-order chi connectivity index (χ1) is 14.2. The van der Waals surface area contributed by atoms with Gasteiger partial charge in [0.05, 0.1) is 12.2 Å². The number of anilines is 1. The van der Waals surface area contributed by atoms with Crippen LogP contribution in [0, 0.1) is 0 Å². The highest BCUT2D eigenvalue weighted by Crippen LogP contribution is 2.20. The number of aromatic amines is 1. The third kappa shape index (κ3) is 3.90. The molecule has 0 saturated carbocycles. The van der Waals surface area contributed by atoms with Gasteiger partial charge in [-0.25, -0.2) is 4.98 Å². The number of rotatable bonds is 6.